The molecule has 0 saturated heterocycles. The minimum Gasteiger partial charge on any atom is -0.379 e. The van der Waals surface area contributed by atoms with Crippen LogP contribution in [0.2, 0.25) is 0 Å². The van der Waals surface area contributed by atoms with Crippen molar-refractivity contribution in [3.63, 3.8) is 0 Å². The molecule has 0 unspecified atom stereocenters. The third kappa shape index (κ3) is 28.2. The molecule has 0 aliphatic carbocycles. The van der Waals surface area contributed by atoms with Gasteiger partial charge in [0.05, 0.1) is 128 Å². The van der Waals surface area contributed by atoms with E-state index in [1.807, 2.05) is 0 Å². The molecule has 0 aromatic heterocycles. The maximum absolute atomic E-state index is 11.1. The Labute approximate surface area is 297 Å². The van der Waals surface area contributed by atoms with Gasteiger partial charge in [-0.05, 0) is 12.5 Å². The quantitative estimate of drug-likeness (QED) is 0.0532. The highest BCUT2D eigenvalue weighted by molar-refractivity contribution is 5.65. The number of anilines is 1. The molecule has 0 aliphatic heterocycles. The Balaban J connectivity index is 1.71. The lowest BCUT2D eigenvalue weighted by Gasteiger charge is -2.09. The van der Waals surface area contributed by atoms with Crippen LogP contribution in [0.25, 0.3) is 0 Å². The van der Waals surface area contributed by atoms with E-state index in [-0.39, 0.29) is 23.7 Å². The summed E-state index contributed by atoms with van der Waals surface area (Å²) in [6, 6.07) is 3.44. The van der Waals surface area contributed by atoms with Crippen LogP contribution in [0.5, 0.6) is 0 Å². The molecule has 0 heterocycles. The molecule has 1 aromatic carbocycles. The van der Waals surface area contributed by atoms with Gasteiger partial charge in [0.25, 0.3) is 11.4 Å². The summed E-state index contributed by atoms with van der Waals surface area (Å²) < 4.78 is 49.4. The second-order valence-electron chi connectivity index (χ2n) is 11.1. The highest BCUT2D eigenvalue weighted by Crippen LogP contribution is 2.28. The lowest BCUT2D eigenvalue weighted by molar-refractivity contribution is -0.393. The van der Waals surface area contributed by atoms with Crippen LogP contribution in [0.4, 0.5) is 17.1 Å². The van der Waals surface area contributed by atoms with Crippen LogP contribution >= 0.6 is 0 Å². The lowest BCUT2D eigenvalue weighted by atomic mass is 10.1. The van der Waals surface area contributed by atoms with Gasteiger partial charge in [0.15, 0.2) is 0 Å². The second-order valence-corrected chi connectivity index (χ2v) is 11.1. The molecule has 1 rings (SSSR count). The number of non-ortho nitro benzene ring substituents is 1. The Hall–Kier alpha value is -2.54. The van der Waals surface area contributed by atoms with Crippen molar-refractivity contribution < 1.29 is 52.5 Å². The first-order valence-corrected chi connectivity index (χ1v) is 17.9. The molecular weight excluding hydrogens is 658 g/mol. The van der Waals surface area contributed by atoms with Gasteiger partial charge in [-0.15, -0.1) is 0 Å². The molecular formula is C34H61N3O13. The number of benzene rings is 1. The smallest absolute Gasteiger partial charge is 0.299 e. The van der Waals surface area contributed by atoms with Crippen molar-refractivity contribution in [2.75, 3.05) is 131 Å². The maximum Gasteiger partial charge on any atom is 0.299 e. The average Bonchev–Trinajstić information content (AvgIpc) is 3.11. The van der Waals surface area contributed by atoms with Crippen molar-refractivity contribution in [1.29, 1.82) is 0 Å². The number of nitro groups is 2. The topological polar surface area (TPSA) is 181 Å². The van der Waals surface area contributed by atoms with Crippen LogP contribution in [0.1, 0.15) is 58.3 Å². The monoisotopic (exact) mass is 719 g/mol. The van der Waals surface area contributed by atoms with E-state index in [4.69, 9.17) is 42.6 Å². The van der Waals surface area contributed by atoms with Crippen LogP contribution in [-0.4, -0.2) is 135 Å². The van der Waals surface area contributed by atoms with Gasteiger partial charge in [0.1, 0.15) is 5.69 Å². The van der Waals surface area contributed by atoms with Crippen LogP contribution in [-0.2, 0) is 42.6 Å². The van der Waals surface area contributed by atoms with E-state index < -0.39 is 9.85 Å². The van der Waals surface area contributed by atoms with E-state index in [1.165, 1.54) is 57.1 Å². The fourth-order valence-electron chi connectivity index (χ4n) is 4.39. The highest BCUT2D eigenvalue weighted by atomic mass is 16.6. The molecule has 0 fully saturated rings. The first kappa shape index (κ1) is 45.5. The van der Waals surface area contributed by atoms with Gasteiger partial charge in [-0.3, -0.25) is 20.2 Å². The van der Waals surface area contributed by atoms with E-state index in [9.17, 15) is 20.2 Å². The molecule has 0 bridgehead atoms. The number of nitro benzene ring substituents is 2. The van der Waals surface area contributed by atoms with Gasteiger partial charge < -0.3 is 47.9 Å². The Morgan fingerprint density at radius 1 is 0.480 bits per heavy atom. The van der Waals surface area contributed by atoms with Crippen LogP contribution in [0.3, 0.4) is 0 Å². The Morgan fingerprint density at radius 2 is 0.840 bits per heavy atom. The van der Waals surface area contributed by atoms with Gasteiger partial charge in [0, 0.05) is 19.2 Å². The Morgan fingerprint density at radius 3 is 1.22 bits per heavy atom. The van der Waals surface area contributed by atoms with Gasteiger partial charge in [-0.1, -0.05) is 51.9 Å². The third-order valence-electron chi connectivity index (χ3n) is 7.07. The molecule has 0 atom stereocenters. The summed E-state index contributed by atoms with van der Waals surface area (Å²) in [4.78, 5) is 20.6. The van der Waals surface area contributed by atoms with Crippen molar-refractivity contribution in [1.82, 2.24) is 0 Å². The van der Waals surface area contributed by atoms with E-state index >= 15 is 0 Å². The minimum absolute atomic E-state index is 0.190. The summed E-state index contributed by atoms with van der Waals surface area (Å²) in [7, 11) is 0. The minimum atomic E-state index is -0.678. The molecule has 16 nitrogen and oxygen atoms in total. The van der Waals surface area contributed by atoms with Gasteiger partial charge in [-0.2, -0.15) is 0 Å². The van der Waals surface area contributed by atoms with Crippen molar-refractivity contribution >= 4 is 17.1 Å². The molecule has 0 saturated carbocycles. The summed E-state index contributed by atoms with van der Waals surface area (Å²) in [5.74, 6) is 0. The Kier molecular flexibility index (Phi) is 31.7. The van der Waals surface area contributed by atoms with E-state index in [1.54, 1.807) is 0 Å². The predicted molar refractivity (Wildman–Crippen MR) is 188 cm³/mol. The number of nitrogens with one attached hydrogen (secondary N) is 1. The number of unbranched alkanes of at least 4 members (excludes halogenated alkanes) is 7. The zero-order valence-electron chi connectivity index (χ0n) is 30.0. The molecule has 0 radical (unpaired) electrons. The first-order chi connectivity index (χ1) is 24.6. The van der Waals surface area contributed by atoms with Crippen LogP contribution in [0.15, 0.2) is 18.2 Å². The standard InChI is InChI=1S/C34H61N3O13/c1-2-3-4-5-6-7-8-9-13-42-15-17-44-19-21-46-23-25-48-27-29-50-30-28-49-26-24-47-22-20-45-18-16-43-14-12-35-33-11-10-32(36(38)39)31-34(33)37(40)41/h10-11,31,35H,2-9,12-30H2,1H3. The van der Waals surface area contributed by atoms with E-state index in [0.29, 0.717) is 112 Å². The van der Waals surface area contributed by atoms with Crippen molar-refractivity contribution in [2.45, 2.75) is 58.3 Å². The second kappa shape index (κ2) is 34.9. The van der Waals surface area contributed by atoms with Crippen molar-refractivity contribution in [3.05, 3.63) is 38.4 Å². The van der Waals surface area contributed by atoms with Gasteiger partial charge in [-0.25, -0.2) is 0 Å². The average molecular weight is 720 g/mol. The predicted octanol–water partition coefficient (Wildman–Crippen LogP) is 5.21. The van der Waals surface area contributed by atoms with Crippen LogP contribution in [0, 0.1) is 20.2 Å². The van der Waals surface area contributed by atoms with Crippen LogP contribution < -0.4 is 5.32 Å². The maximum atomic E-state index is 11.1. The molecule has 0 amide bonds. The molecule has 16 heteroatoms. The Bertz CT molecular complexity index is 946. The molecule has 290 valence electrons. The third-order valence-corrected chi connectivity index (χ3v) is 7.07. The summed E-state index contributed by atoms with van der Waals surface area (Å²) in [5, 5.41) is 24.8. The normalized spacial score (nSPS) is 11.3. The number of rotatable bonds is 39. The fraction of sp³-hybridized carbons (Fsp3) is 0.824. The van der Waals surface area contributed by atoms with Gasteiger partial charge in [0.2, 0.25) is 0 Å². The van der Waals surface area contributed by atoms with Crippen molar-refractivity contribution in [3.8, 4) is 0 Å². The summed E-state index contributed by atoms with van der Waals surface area (Å²) in [5.41, 5.74) is -0.514. The molecule has 1 aromatic rings. The first-order valence-electron chi connectivity index (χ1n) is 17.9. The molecule has 1 N–H and O–H groups in total. The highest BCUT2D eigenvalue weighted by Gasteiger charge is 2.19. The largest absolute Gasteiger partial charge is 0.379 e. The number of hydrogen-bond acceptors (Lipinski definition) is 14. The van der Waals surface area contributed by atoms with Crippen molar-refractivity contribution in [2.24, 2.45) is 0 Å². The molecule has 0 aliphatic rings. The van der Waals surface area contributed by atoms with E-state index in [2.05, 4.69) is 12.2 Å². The zero-order valence-corrected chi connectivity index (χ0v) is 30.0. The lowest BCUT2D eigenvalue weighted by Crippen LogP contribution is -2.15. The fourth-order valence-corrected chi connectivity index (χ4v) is 4.39. The summed E-state index contributed by atoms with van der Waals surface area (Å²) >= 11 is 0. The number of hydrogen-bond donors (Lipinski definition) is 1. The number of ether oxygens (including phenoxy) is 9. The molecule has 0 spiro atoms. The number of nitrogens with zero attached hydrogens (tertiary/aromatic N) is 2. The molecule has 50 heavy (non-hydrogen) atoms. The van der Waals surface area contributed by atoms with E-state index in [0.717, 1.165) is 19.1 Å². The summed E-state index contributed by atoms with van der Waals surface area (Å²) in [6.45, 7) is 11.3. The zero-order chi connectivity index (χ0) is 36.2. The van der Waals surface area contributed by atoms with Gasteiger partial charge >= 0.3 is 0 Å². The SMILES string of the molecule is CCCCCCCCCCOCCOCCOCCOCCOCCOCCOCCOCCOCCNc1ccc([N+](=O)[O-])cc1[N+](=O)[O-]. The summed E-state index contributed by atoms with van der Waals surface area (Å²) in [6.07, 6.45) is 10.4.